The Hall–Kier alpha value is -1.20. The van der Waals surface area contributed by atoms with Crippen LogP contribution < -0.4 is 29.6 Å². The summed E-state index contributed by atoms with van der Waals surface area (Å²) in [6.45, 7) is 10.6. The molecule has 0 saturated heterocycles. The van der Waals surface area contributed by atoms with Gasteiger partial charge in [-0.3, -0.25) is 9.35 Å². The average molecular weight is 444 g/mol. The second-order valence-electron chi connectivity index (χ2n) is 6.48. The molecule has 0 atom stereocenters. The normalized spacial score (nSPS) is 11.0. The maximum Gasteiger partial charge on any atom is 1.00 e. The standard InChI is InChI=1S/C18H28O9S.Na.H/c1-6-18(11-26-15(19)13(2)3,12-27-16(20)14(4)5)17(21)25-9-7-8-10-28(22,23)24;;/h2,4,6-12H2,1,3,5H3,(H,22,23,24);;/q;+1;-1. The van der Waals surface area contributed by atoms with Crippen LogP contribution in [-0.2, 0) is 38.7 Å². The third kappa shape index (κ3) is 12.2. The molecule has 0 fully saturated rings. The molecule has 0 aliphatic carbocycles. The third-order valence-electron chi connectivity index (χ3n) is 3.80. The van der Waals surface area contributed by atoms with Gasteiger partial charge in [0.05, 0.1) is 12.4 Å². The molecule has 0 aliphatic rings. The number of rotatable bonds is 13. The van der Waals surface area contributed by atoms with Crippen LogP contribution in [0.4, 0.5) is 0 Å². The van der Waals surface area contributed by atoms with Gasteiger partial charge < -0.3 is 15.6 Å². The summed E-state index contributed by atoms with van der Waals surface area (Å²) in [6, 6.07) is 0. The van der Waals surface area contributed by atoms with Crippen molar-refractivity contribution in [3.63, 3.8) is 0 Å². The molecule has 0 aromatic rings. The molecule has 0 aromatic carbocycles. The first-order valence-corrected chi connectivity index (χ1v) is 10.2. The van der Waals surface area contributed by atoms with E-state index in [1.165, 1.54) is 13.8 Å². The predicted octanol–water partition coefficient (Wildman–Crippen LogP) is -1.05. The summed E-state index contributed by atoms with van der Waals surface area (Å²) in [6.07, 6.45) is 0.437. The first-order chi connectivity index (χ1) is 12.8. The zero-order chi connectivity index (χ0) is 22.0. The van der Waals surface area contributed by atoms with E-state index < -0.39 is 39.2 Å². The van der Waals surface area contributed by atoms with Crippen LogP contribution in [-0.4, -0.2) is 56.5 Å². The van der Waals surface area contributed by atoms with Gasteiger partial charge in [0.2, 0.25) is 0 Å². The monoisotopic (exact) mass is 444 g/mol. The van der Waals surface area contributed by atoms with Crippen LogP contribution in [0.15, 0.2) is 24.3 Å². The van der Waals surface area contributed by atoms with E-state index in [-0.39, 0.29) is 81.2 Å². The Labute approximate surface area is 195 Å². The molecule has 11 heteroatoms. The number of hydrogen-bond acceptors (Lipinski definition) is 8. The molecule has 9 nitrogen and oxygen atoms in total. The van der Waals surface area contributed by atoms with E-state index in [1.807, 2.05) is 0 Å². The molecule has 162 valence electrons. The van der Waals surface area contributed by atoms with Gasteiger partial charge in [-0.1, -0.05) is 20.1 Å². The van der Waals surface area contributed by atoms with Crippen molar-refractivity contribution in [2.45, 2.75) is 40.0 Å². The molecule has 0 bridgehead atoms. The van der Waals surface area contributed by atoms with Gasteiger partial charge in [0.15, 0.2) is 0 Å². The Kier molecular flexibility index (Phi) is 14.4. The van der Waals surface area contributed by atoms with Crippen LogP contribution in [0.1, 0.15) is 41.5 Å². The van der Waals surface area contributed by atoms with Crippen molar-refractivity contribution in [1.29, 1.82) is 0 Å². The Morgan fingerprint density at radius 2 is 1.41 bits per heavy atom. The van der Waals surface area contributed by atoms with Gasteiger partial charge in [0.25, 0.3) is 10.1 Å². The first kappa shape index (κ1) is 30.0. The summed E-state index contributed by atoms with van der Waals surface area (Å²) in [5, 5.41) is 0. The van der Waals surface area contributed by atoms with Gasteiger partial charge in [-0.15, -0.1) is 0 Å². The molecular weight excluding hydrogens is 415 g/mol. The molecule has 29 heavy (non-hydrogen) atoms. The van der Waals surface area contributed by atoms with E-state index >= 15 is 0 Å². The SMILES string of the molecule is C=C(C)C(=O)OCC(CC)(COC(=O)C(=C)C)C(=O)OCCCCS(=O)(=O)O.[H-].[Na+]. The summed E-state index contributed by atoms with van der Waals surface area (Å²) < 4.78 is 45.4. The largest absolute Gasteiger partial charge is 1.00 e. The molecule has 0 rings (SSSR count). The summed E-state index contributed by atoms with van der Waals surface area (Å²) >= 11 is 0. The van der Waals surface area contributed by atoms with Crippen molar-refractivity contribution in [1.82, 2.24) is 0 Å². The zero-order valence-electron chi connectivity index (χ0n) is 18.5. The van der Waals surface area contributed by atoms with E-state index in [9.17, 15) is 22.8 Å². The number of carbonyl (C=O) groups excluding carboxylic acids is 3. The summed E-state index contributed by atoms with van der Waals surface area (Å²) in [4.78, 5) is 36.0. The molecule has 0 aromatic heterocycles. The summed E-state index contributed by atoms with van der Waals surface area (Å²) in [5.74, 6) is -2.61. The van der Waals surface area contributed by atoms with Crippen molar-refractivity contribution in [3.8, 4) is 0 Å². The quantitative estimate of drug-likeness (QED) is 0.0943. The zero-order valence-corrected chi connectivity index (χ0v) is 20.3. The van der Waals surface area contributed by atoms with Gasteiger partial charge in [-0.2, -0.15) is 8.42 Å². The second kappa shape index (κ2) is 13.9. The molecule has 0 heterocycles. The minimum atomic E-state index is -4.08. The summed E-state index contributed by atoms with van der Waals surface area (Å²) in [7, 11) is -4.08. The van der Waals surface area contributed by atoms with Gasteiger partial charge >= 0.3 is 47.5 Å². The Morgan fingerprint density at radius 3 is 1.76 bits per heavy atom. The van der Waals surface area contributed by atoms with Gasteiger partial charge in [-0.25, -0.2) is 9.59 Å². The molecule has 0 spiro atoms. The van der Waals surface area contributed by atoms with E-state index in [2.05, 4.69) is 13.2 Å². The Bertz CT molecular complexity index is 689. The van der Waals surface area contributed by atoms with Crippen molar-refractivity contribution in [2.24, 2.45) is 5.41 Å². The summed E-state index contributed by atoms with van der Waals surface area (Å²) in [5.41, 5.74) is -1.15. The molecule has 0 radical (unpaired) electrons. The molecule has 0 aliphatic heterocycles. The minimum Gasteiger partial charge on any atom is -1.00 e. The maximum atomic E-state index is 12.6. The van der Waals surface area contributed by atoms with Crippen molar-refractivity contribution in [3.05, 3.63) is 24.3 Å². The van der Waals surface area contributed by atoms with Crippen LogP contribution in [0, 0.1) is 5.41 Å². The minimum absolute atomic E-state index is 0. The van der Waals surface area contributed by atoms with E-state index in [1.54, 1.807) is 6.92 Å². The fourth-order valence-corrected chi connectivity index (χ4v) is 2.44. The number of unbranched alkanes of at least 4 members (excludes halogenated alkanes) is 1. The number of esters is 3. The number of ether oxygens (including phenoxy) is 3. The van der Waals surface area contributed by atoms with E-state index in [4.69, 9.17) is 18.8 Å². The van der Waals surface area contributed by atoms with Crippen LogP contribution >= 0.6 is 0 Å². The van der Waals surface area contributed by atoms with Gasteiger partial charge in [0.1, 0.15) is 18.6 Å². The Morgan fingerprint density at radius 1 is 0.966 bits per heavy atom. The topological polar surface area (TPSA) is 133 Å². The van der Waals surface area contributed by atoms with Crippen LogP contribution in [0.5, 0.6) is 0 Å². The maximum absolute atomic E-state index is 12.6. The molecule has 0 amide bonds. The van der Waals surface area contributed by atoms with Gasteiger partial charge in [-0.05, 0) is 33.1 Å². The third-order valence-corrected chi connectivity index (χ3v) is 4.60. The fourth-order valence-electron chi connectivity index (χ4n) is 1.87. The number of hydrogen-bond donors (Lipinski definition) is 1. The average Bonchev–Trinajstić information content (AvgIpc) is 2.59. The van der Waals surface area contributed by atoms with Crippen molar-refractivity contribution in [2.75, 3.05) is 25.6 Å². The van der Waals surface area contributed by atoms with Crippen LogP contribution in [0.3, 0.4) is 0 Å². The molecule has 0 unspecified atom stereocenters. The first-order valence-electron chi connectivity index (χ1n) is 8.62. The fraction of sp³-hybridized carbons (Fsp3) is 0.611. The van der Waals surface area contributed by atoms with Gasteiger partial charge in [0, 0.05) is 11.1 Å². The Balaban J connectivity index is -0.00000364. The molecule has 0 saturated carbocycles. The smallest absolute Gasteiger partial charge is 1.00 e. The van der Waals surface area contributed by atoms with Crippen molar-refractivity contribution < 1.29 is 72.5 Å². The molecule has 1 N–H and O–H groups in total. The van der Waals surface area contributed by atoms with Crippen LogP contribution in [0.2, 0.25) is 0 Å². The molecular formula is C18H29NaO9S. The van der Waals surface area contributed by atoms with Crippen molar-refractivity contribution >= 4 is 28.0 Å². The second-order valence-corrected chi connectivity index (χ2v) is 8.05. The van der Waals surface area contributed by atoms with E-state index in [0.717, 1.165) is 0 Å². The predicted molar refractivity (Wildman–Crippen MR) is 102 cm³/mol. The van der Waals surface area contributed by atoms with Crippen LogP contribution in [0.25, 0.3) is 0 Å². The number of carbonyl (C=O) groups is 3. The van der Waals surface area contributed by atoms with E-state index in [0.29, 0.717) is 0 Å².